The number of benzene rings is 2. The van der Waals surface area contributed by atoms with Gasteiger partial charge < -0.3 is 10.5 Å². The van der Waals surface area contributed by atoms with Crippen molar-refractivity contribution in [2.75, 3.05) is 0 Å². The van der Waals surface area contributed by atoms with Gasteiger partial charge in [-0.05, 0) is 56.5 Å². The highest BCUT2D eigenvalue weighted by atomic mass is 16.5. The van der Waals surface area contributed by atoms with Crippen molar-refractivity contribution in [2.45, 2.75) is 39.8 Å². The highest BCUT2D eigenvalue weighted by Crippen LogP contribution is 2.26. The van der Waals surface area contributed by atoms with Crippen LogP contribution in [-0.2, 0) is 0 Å². The van der Waals surface area contributed by atoms with Crippen LogP contribution in [-0.4, -0.2) is 6.04 Å². The maximum Gasteiger partial charge on any atom is 0.138 e. The molecule has 0 aliphatic carbocycles. The molecule has 106 valence electrons. The van der Waals surface area contributed by atoms with Crippen LogP contribution < -0.4 is 10.5 Å². The second kappa shape index (κ2) is 6.10. The second-order valence-corrected chi connectivity index (χ2v) is 5.55. The Hall–Kier alpha value is -1.80. The summed E-state index contributed by atoms with van der Waals surface area (Å²) in [5.74, 6) is 0.871. The van der Waals surface area contributed by atoms with Gasteiger partial charge in [0.15, 0.2) is 0 Å². The number of rotatable bonds is 4. The Morgan fingerprint density at radius 2 is 1.55 bits per heavy atom. The van der Waals surface area contributed by atoms with Gasteiger partial charge in [-0.3, -0.25) is 0 Å². The smallest absolute Gasteiger partial charge is 0.138 e. The third-order valence-corrected chi connectivity index (χ3v) is 3.62. The Morgan fingerprint density at radius 3 is 2.10 bits per heavy atom. The molecule has 0 saturated heterocycles. The van der Waals surface area contributed by atoms with Crippen molar-refractivity contribution in [3.63, 3.8) is 0 Å². The fourth-order valence-corrected chi connectivity index (χ4v) is 2.17. The summed E-state index contributed by atoms with van der Waals surface area (Å²) in [7, 11) is 0. The molecule has 0 spiro atoms. The van der Waals surface area contributed by atoms with E-state index in [4.69, 9.17) is 10.5 Å². The molecule has 2 rings (SSSR count). The molecule has 0 bridgehead atoms. The molecule has 0 aliphatic rings. The van der Waals surface area contributed by atoms with Gasteiger partial charge in [-0.15, -0.1) is 0 Å². The average Bonchev–Trinajstić information content (AvgIpc) is 2.41. The van der Waals surface area contributed by atoms with Gasteiger partial charge in [-0.25, -0.2) is 0 Å². The number of ether oxygens (including phenoxy) is 1. The summed E-state index contributed by atoms with van der Waals surface area (Å²) in [6.07, 6.45) is -0.127. The van der Waals surface area contributed by atoms with Crippen LogP contribution in [0.4, 0.5) is 0 Å². The van der Waals surface area contributed by atoms with Gasteiger partial charge in [0.1, 0.15) is 11.9 Å². The predicted octanol–water partition coefficient (Wildman–Crippen LogP) is 4.08. The van der Waals surface area contributed by atoms with E-state index in [1.807, 2.05) is 13.0 Å². The molecular formula is C18H23NO. The summed E-state index contributed by atoms with van der Waals surface area (Å²) in [5, 5.41) is 0. The van der Waals surface area contributed by atoms with Crippen molar-refractivity contribution < 1.29 is 4.74 Å². The minimum atomic E-state index is -0.127. The minimum Gasteiger partial charge on any atom is -0.484 e. The molecule has 0 aromatic heterocycles. The van der Waals surface area contributed by atoms with Crippen molar-refractivity contribution >= 4 is 0 Å². The first-order valence-corrected chi connectivity index (χ1v) is 7.03. The molecule has 0 saturated carbocycles. The molecule has 2 N–H and O–H groups in total. The van der Waals surface area contributed by atoms with E-state index in [1.165, 1.54) is 16.7 Å². The fourth-order valence-electron chi connectivity index (χ4n) is 2.17. The van der Waals surface area contributed by atoms with E-state index in [0.717, 1.165) is 11.3 Å². The van der Waals surface area contributed by atoms with Crippen molar-refractivity contribution in [2.24, 2.45) is 5.73 Å². The van der Waals surface area contributed by atoms with Crippen LogP contribution in [0.2, 0.25) is 0 Å². The largest absolute Gasteiger partial charge is 0.484 e. The van der Waals surface area contributed by atoms with Crippen LogP contribution in [0.15, 0.2) is 42.5 Å². The normalized spacial score (nSPS) is 13.8. The van der Waals surface area contributed by atoms with Crippen LogP contribution in [0.1, 0.15) is 35.3 Å². The maximum absolute atomic E-state index is 6.11. The molecule has 0 aliphatic heterocycles. The molecule has 0 heterocycles. The standard InChI is InChI=1S/C18H23NO/c1-12-5-8-16(9-6-12)18(15(4)19)20-17-10-7-13(2)14(3)11-17/h5-11,15,18H,19H2,1-4H3. The molecule has 2 aromatic rings. The molecule has 2 nitrogen and oxygen atoms in total. The molecular weight excluding hydrogens is 246 g/mol. The number of nitrogens with two attached hydrogens (primary N) is 1. The van der Waals surface area contributed by atoms with Gasteiger partial charge in [0, 0.05) is 6.04 Å². The van der Waals surface area contributed by atoms with Crippen LogP contribution >= 0.6 is 0 Å². The Kier molecular flexibility index (Phi) is 4.46. The molecule has 2 heteroatoms. The Balaban J connectivity index is 2.25. The summed E-state index contributed by atoms with van der Waals surface area (Å²) < 4.78 is 6.11. The van der Waals surface area contributed by atoms with Gasteiger partial charge >= 0.3 is 0 Å². The molecule has 2 atom stereocenters. The lowest BCUT2D eigenvalue weighted by molar-refractivity contribution is 0.180. The molecule has 0 amide bonds. The first-order chi connectivity index (χ1) is 9.47. The van der Waals surface area contributed by atoms with Crippen LogP contribution in [0.5, 0.6) is 5.75 Å². The fraction of sp³-hybridized carbons (Fsp3) is 0.333. The minimum absolute atomic E-state index is 0.0701. The second-order valence-electron chi connectivity index (χ2n) is 5.55. The Morgan fingerprint density at radius 1 is 0.900 bits per heavy atom. The van der Waals surface area contributed by atoms with Gasteiger partial charge in [0.05, 0.1) is 0 Å². The lowest BCUT2D eigenvalue weighted by Gasteiger charge is -2.23. The van der Waals surface area contributed by atoms with Crippen LogP contribution in [0, 0.1) is 20.8 Å². The van der Waals surface area contributed by atoms with E-state index in [2.05, 4.69) is 57.2 Å². The third-order valence-electron chi connectivity index (χ3n) is 3.62. The SMILES string of the molecule is Cc1ccc(C(Oc2ccc(C)c(C)c2)C(C)N)cc1. The Bertz CT molecular complexity index is 572. The molecule has 2 unspecified atom stereocenters. The van der Waals surface area contributed by atoms with Gasteiger partial charge in [0.25, 0.3) is 0 Å². The zero-order chi connectivity index (χ0) is 14.7. The number of hydrogen-bond donors (Lipinski definition) is 1. The molecule has 0 fully saturated rings. The Labute approximate surface area is 121 Å². The van der Waals surface area contributed by atoms with Crippen LogP contribution in [0.25, 0.3) is 0 Å². The van der Waals surface area contributed by atoms with Crippen molar-refractivity contribution in [1.29, 1.82) is 0 Å². The topological polar surface area (TPSA) is 35.2 Å². The first-order valence-electron chi connectivity index (χ1n) is 7.03. The van der Waals surface area contributed by atoms with Crippen molar-refractivity contribution in [3.8, 4) is 5.75 Å². The van der Waals surface area contributed by atoms with Crippen LogP contribution in [0.3, 0.4) is 0 Å². The lowest BCUT2D eigenvalue weighted by atomic mass is 10.0. The van der Waals surface area contributed by atoms with E-state index in [9.17, 15) is 0 Å². The zero-order valence-corrected chi connectivity index (χ0v) is 12.7. The molecule has 20 heavy (non-hydrogen) atoms. The highest BCUT2D eigenvalue weighted by molar-refractivity contribution is 5.35. The first kappa shape index (κ1) is 14.6. The average molecular weight is 269 g/mol. The van der Waals surface area contributed by atoms with Crippen molar-refractivity contribution in [1.82, 2.24) is 0 Å². The van der Waals surface area contributed by atoms with E-state index in [0.29, 0.717) is 0 Å². The van der Waals surface area contributed by atoms with Crippen molar-refractivity contribution in [3.05, 3.63) is 64.7 Å². The van der Waals surface area contributed by atoms with E-state index in [-0.39, 0.29) is 12.1 Å². The summed E-state index contributed by atoms with van der Waals surface area (Å²) in [4.78, 5) is 0. The predicted molar refractivity (Wildman–Crippen MR) is 84.1 cm³/mol. The zero-order valence-electron chi connectivity index (χ0n) is 12.7. The monoisotopic (exact) mass is 269 g/mol. The number of aryl methyl sites for hydroxylation is 3. The summed E-state index contributed by atoms with van der Waals surface area (Å²) in [5.41, 5.74) is 11.0. The van der Waals surface area contributed by atoms with E-state index in [1.54, 1.807) is 0 Å². The quantitative estimate of drug-likeness (QED) is 0.907. The molecule has 2 aromatic carbocycles. The van der Waals surface area contributed by atoms with Gasteiger partial charge in [-0.1, -0.05) is 35.9 Å². The summed E-state index contributed by atoms with van der Waals surface area (Å²) in [6, 6.07) is 14.4. The van der Waals surface area contributed by atoms with Gasteiger partial charge in [0.2, 0.25) is 0 Å². The summed E-state index contributed by atoms with van der Waals surface area (Å²) in [6.45, 7) is 8.25. The molecule has 0 radical (unpaired) electrons. The van der Waals surface area contributed by atoms with E-state index >= 15 is 0 Å². The lowest BCUT2D eigenvalue weighted by Crippen LogP contribution is -2.29. The van der Waals surface area contributed by atoms with Gasteiger partial charge in [-0.2, -0.15) is 0 Å². The third kappa shape index (κ3) is 3.40. The maximum atomic E-state index is 6.11. The highest BCUT2D eigenvalue weighted by Gasteiger charge is 2.18. The van der Waals surface area contributed by atoms with E-state index < -0.39 is 0 Å². The number of hydrogen-bond acceptors (Lipinski definition) is 2. The summed E-state index contributed by atoms with van der Waals surface area (Å²) >= 11 is 0.